The molecule has 0 radical (unpaired) electrons. The minimum absolute atomic E-state index is 0.00318. The number of nitrogens with zero attached hydrogens (tertiary/aromatic N) is 4. The normalized spacial score (nSPS) is 13.7. The van der Waals surface area contributed by atoms with Crippen LogP contribution in [0.1, 0.15) is 25.1 Å². The number of carbonyl (C=O) groups is 1. The van der Waals surface area contributed by atoms with Gasteiger partial charge in [0.05, 0.1) is 12.2 Å². The summed E-state index contributed by atoms with van der Waals surface area (Å²) in [6, 6.07) is 10.3. The molecule has 3 rings (SSSR count). The SMILES string of the molecule is COCC(=O)N1CCc2nc(-c3ccccc3)nc(N(C)C(C)C)c2C1. The lowest BCUT2D eigenvalue weighted by molar-refractivity contribution is -0.136. The van der Waals surface area contributed by atoms with E-state index in [2.05, 4.69) is 18.7 Å². The lowest BCUT2D eigenvalue weighted by Gasteiger charge is -2.33. The van der Waals surface area contributed by atoms with Crippen LogP contribution in [0.3, 0.4) is 0 Å². The van der Waals surface area contributed by atoms with E-state index in [0.717, 1.165) is 34.9 Å². The molecule has 1 amide bonds. The molecule has 0 N–H and O–H groups in total. The van der Waals surface area contributed by atoms with Crippen LogP contribution in [-0.2, 0) is 22.5 Å². The smallest absolute Gasteiger partial charge is 0.248 e. The second kappa shape index (κ2) is 7.83. The molecule has 0 aliphatic carbocycles. The van der Waals surface area contributed by atoms with Crippen LogP contribution in [0.15, 0.2) is 30.3 Å². The Bertz CT molecular complexity index is 777. The van der Waals surface area contributed by atoms with Crippen molar-refractivity contribution in [2.45, 2.75) is 32.9 Å². The fourth-order valence-electron chi connectivity index (χ4n) is 3.08. The lowest BCUT2D eigenvalue weighted by Crippen LogP contribution is -2.40. The third-order valence-corrected chi connectivity index (χ3v) is 4.80. The zero-order valence-corrected chi connectivity index (χ0v) is 15.9. The maximum Gasteiger partial charge on any atom is 0.248 e. The molecular weight excluding hydrogens is 328 g/mol. The van der Waals surface area contributed by atoms with Crippen LogP contribution in [0.5, 0.6) is 0 Å². The summed E-state index contributed by atoms with van der Waals surface area (Å²) in [5, 5.41) is 0. The largest absolute Gasteiger partial charge is 0.375 e. The Hall–Kier alpha value is -2.47. The van der Waals surface area contributed by atoms with Crippen molar-refractivity contribution in [2.24, 2.45) is 0 Å². The van der Waals surface area contributed by atoms with Crippen LogP contribution in [0.4, 0.5) is 5.82 Å². The molecule has 0 saturated carbocycles. The van der Waals surface area contributed by atoms with E-state index in [1.54, 1.807) is 7.11 Å². The van der Waals surface area contributed by atoms with Crippen LogP contribution < -0.4 is 4.90 Å². The second-order valence-electron chi connectivity index (χ2n) is 6.87. The van der Waals surface area contributed by atoms with Crippen molar-refractivity contribution >= 4 is 11.7 Å². The van der Waals surface area contributed by atoms with Gasteiger partial charge >= 0.3 is 0 Å². The molecule has 6 nitrogen and oxygen atoms in total. The van der Waals surface area contributed by atoms with E-state index in [1.807, 2.05) is 42.3 Å². The summed E-state index contributed by atoms with van der Waals surface area (Å²) in [5.74, 6) is 1.64. The molecule has 2 heterocycles. The van der Waals surface area contributed by atoms with Gasteiger partial charge in [0.25, 0.3) is 0 Å². The van der Waals surface area contributed by atoms with Gasteiger partial charge in [0, 0.05) is 44.3 Å². The molecule has 0 bridgehead atoms. The number of rotatable bonds is 5. The van der Waals surface area contributed by atoms with Gasteiger partial charge in [-0.05, 0) is 13.8 Å². The van der Waals surface area contributed by atoms with E-state index in [4.69, 9.17) is 14.7 Å². The third-order valence-electron chi connectivity index (χ3n) is 4.80. The van der Waals surface area contributed by atoms with Crippen molar-refractivity contribution in [1.29, 1.82) is 0 Å². The van der Waals surface area contributed by atoms with Gasteiger partial charge in [-0.1, -0.05) is 30.3 Å². The van der Waals surface area contributed by atoms with Gasteiger partial charge < -0.3 is 14.5 Å². The predicted molar refractivity (Wildman–Crippen MR) is 102 cm³/mol. The highest BCUT2D eigenvalue weighted by atomic mass is 16.5. The van der Waals surface area contributed by atoms with Crippen LogP contribution in [0.25, 0.3) is 11.4 Å². The van der Waals surface area contributed by atoms with Gasteiger partial charge in [0.2, 0.25) is 5.91 Å². The van der Waals surface area contributed by atoms with Gasteiger partial charge in [0.1, 0.15) is 12.4 Å². The average Bonchev–Trinajstić information content (AvgIpc) is 2.67. The molecule has 2 aromatic rings. The van der Waals surface area contributed by atoms with E-state index in [1.165, 1.54) is 0 Å². The molecular formula is C20H26N4O2. The fraction of sp³-hybridized carbons (Fsp3) is 0.450. The molecule has 0 atom stereocenters. The van der Waals surface area contributed by atoms with Gasteiger partial charge in [0.15, 0.2) is 5.82 Å². The molecule has 1 aliphatic heterocycles. The number of anilines is 1. The molecule has 0 unspecified atom stereocenters. The molecule has 26 heavy (non-hydrogen) atoms. The van der Waals surface area contributed by atoms with Crippen molar-refractivity contribution in [3.8, 4) is 11.4 Å². The van der Waals surface area contributed by atoms with Crippen molar-refractivity contribution in [3.05, 3.63) is 41.6 Å². The van der Waals surface area contributed by atoms with Crippen molar-refractivity contribution in [2.75, 3.05) is 32.2 Å². The Balaban J connectivity index is 2.04. The van der Waals surface area contributed by atoms with E-state index in [-0.39, 0.29) is 12.5 Å². The summed E-state index contributed by atoms with van der Waals surface area (Å²) in [6.07, 6.45) is 0.728. The first kappa shape index (κ1) is 18.3. The number of amides is 1. The highest BCUT2D eigenvalue weighted by molar-refractivity contribution is 5.78. The number of fused-ring (bicyclic) bond motifs is 1. The number of aromatic nitrogens is 2. The highest BCUT2D eigenvalue weighted by Crippen LogP contribution is 2.30. The van der Waals surface area contributed by atoms with Crippen LogP contribution in [-0.4, -0.2) is 54.1 Å². The Morgan fingerprint density at radius 1 is 1.27 bits per heavy atom. The Morgan fingerprint density at radius 2 is 2.00 bits per heavy atom. The first-order valence-electron chi connectivity index (χ1n) is 8.96. The fourth-order valence-corrected chi connectivity index (χ4v) is 3.08. The molecule has 0 fully saturated rings. The predicted octanol–water partition coefficient (Wildman–Crippen LogP) is 2.52. The van der Waals surface area contributed by atoms with Crippen molar-refractivity contribution < 1.29 is 9.53 Å². The van der Waals surface area contributed by atoms with E-state index < -0.39 is 0 Å². The summed E-state index contributed by atoms with van der Waals surface area (Å²) in [7, 11) is 3.58. The molecule has 6 heteroatoms. The Kier molecular flexibility index (Phi) is 5.52. The summed E-state index contributed by atoms with van der Waals surface area (Å²) in [6.45, 7) is 5.55. The van der Waals surface area contributed by atoms with E-state index >= 15 is 0 Å². The minimum atomic E-state index is 0.00318. The summed E-state index contributed by atoms with van der Waals surface area (Å²) >= 11 is 0. The monoisotopic (exact) mass is 354 g/mol. The Labute approximate surface area is 154 Å². The minimum Gasteiger partial charge on any atom is -0.375 e. The van der Waals surface area contributed by atoms with Crippen LogP contribution >= 0.6 is 0 Å². The van der Waals surface area contributed by atoms with Crippen molar-refractivity contribution in [3.63, 3.8) is 0 Å². The van der Waals surface area contributed by atoms with Gasteiger partial charge in [-0.2, -0.15) is 0 Å². The molecule has 0 saturated heterocycles. The summed E-state index contributed by atoms with van der Waals surface area (Å²) in [4.78, 5) is 25.9. The van der Waals surface area contributed by atoms with E-state index in [0.29, 0.717) is 19.1 Å². The maximum atomic E-state index is 12.3. The molecule has 138 valence electrons. The Morgan fingerprint density at radius 3 is 2.65 bits per heavy atom. The zero-order chi connectivity index (χ0) is 18.7. The van der Waals surface area contributed by atoms with Crippen molar-refractivity contribution in [1.82, 2.24) is 14.9 Å². The quantitative estimate of drug-likeness (QED) is 0.826. The number of carbonyl (C=O) groups excluding carboxylic acids is 1. The zero-order valence-electron chi connectivity index (χ0n) is 15.9. The van der Waals surface area contributed by atoms with E-state index in [9.17, 15) is 4.79 Å². The number of ether oxygens (including phenoxy) is 1. The number of hydrogen-bond acceptors (Lipinski definition) is 5. The average molecular weight is 354 g/mol. The lowest BCUT2D eigenvalue weighted by atomic mass is 10.0. The first-order chi connectivity index (χ1) is 12.5. The van der Waals surface area contributed by atoms with Gasteiger partial charge in [-0.3, -0.25) is 4.79 Å². The van der Waals surface area contributed by atoms with Crippen LogP contribution in [0.2, 0.25) is 0 Å². The number of benzene rings is 1. The van der Waals surface area contributed by atoms with Gasteiger partial charge in [-0.15, -0.1) is 0 Å². The molecule has 1 aromatic heterocycles. The standard InChI is InChI=1S/C20H26N4O2/c1-14(2)23(3)20-16-12-24(18(25)13-26-4)11-10-17(16)21-19(22-20)15-8-6-5-7-9-15/h5-9,14H,10-13H2,1-4H3. The molecule has 1 aromatic carbocycles. The van der Waals surface area contributed by atoms with Gasteiger partial charge in [-0.25, -0.2) is 9.97 Å². The van der Waals surface area contributed by atoms with Crippen LogP contribution in [0, 0.1) is 0 Å². The summed E-state index contributed by atoms with van der Waals surface area (Å²) in [5.41, 5.74) is 3.07. The highest BCUT2D eigenvalue weighted by Gasteiger charge is 2.27. The summed E-state index contributed by atoms with van der Waals surface area (Å²) < 4.78 is 5.00. The maximum absolute atomic E-state index is 12.3. The third kappa shape index (κ3) is 3.70. The first-order valence-corrected chi connectivity index (χ1v) is 8.96. The number of hydrogen-bond donors (Lipinski definition) is 0. The second-order valence-corrected chi connectivity index (χ2v) is 6.87. The number of methoxy groups -OCH3 is 1. The topological polar surface area (TPSA) is 58.6 Å². The molecule has 0 spiro atoms. The molecule has 1 aliphatic rings.